The van der Waals surface area contributed by atoms with E-state index in [-0.39, 0.29) is 0 Å². The lowest BCUT2D eigenvalue weighted by Gasteiger charge is -2.34. The SMILES string of the molecule is CCCC(CCN)CCC(=O)N(C)C1CCC(CC)CC1. The van der Waals surface area contributed by atoms with Gasteiger partial charge >= 0.3 is 0 Å². The van der Waals surface area contributed by atoms with Crippen molar-refractivity contribution in [2.24, 2.45) is 17.6 Å². The molecule has 0 heterocycles. The van der Waals surface area contributed by atoms with Crippen LogP contribution in [0, 0.1) is 11.8 Å². The highest BCUT2D eigenvalue weighted by Crippen LogP contribution is 2.29. The van der Waals surface area contributed by atoms with Gasteiger partial charge in [-0.25, -0.2) is 0 Å². The van der Waals surface area contributed by atoms with Crippen LogP contribution >= 0.6 is 0 Å². The second-order valence-electron chi connectivity index (χ2n) is 6.86. The first-order chi connectivity index (χ1) is 10.1. The smallest absolute Gasteiger partial charge is 0.222 e. The highest BCUT2D eigenvalue weighted by atomic mass is 16.2. The zero-order valence-electron chi connectivity index (χ0n) is 14.4. The van der Waals surface area contributed by atoms with Crippen LogP contribution < -0.4 is 5.73 Å². The summed E-state index contributed by atoms with van der Waals surface area (Å²) < 4.78 is 0. The minimum absolute atomic E-state index is 0.341. The van der Waals surface area contributed by atoms with E-state index in [4.69, 9.17) is 5.73 Å². The van der Waals surface area contributed by atoms with Crippen molar-refractivity contribution in [3.63, 3.8) is 0 Å². The Labute approximate surface area is 131 Å². The van der Waals surface area contributed by atoms with Crippen molar-refractivity contribution in [1.82, 2.24) is 4.90 Å². The summed E-state index contributed by atoms with van der Waals surface area (Å²) in [6.45, 7) is 5.24. The molecule has 0 radical (unpaired) electrons. The van der Waals surface area contributed by atoms with Crippen molar-refractivity contribution >= 4 is 5.91 Å². The van der Waals surface area contributed by atoms with Crippen LogP contribution in [0.4, 0.5) is 0 Å². The van der Waals surface area contributed by atoms with Gasteiger partial charge in [0.2, 0.25) is 5.91 Å². The molecule has 0 spiro atoms. The third-order valence-corrected chi connectivity index (χ3v) is 5.37. The molecule has 1 atom stereocenters. The highest BCUT2D eigenvalue weighted by Gasteiger charge is 2.25. The lowest BCUT2D eigenvalue weighted by atomic mass is 9.84. The van der Waals surface area contributed by atoms with E-state index in [9.17, 15) is 4.79 Å². The fourth-order valence-electron chi connectivity index (χ4n) is 3.72. The molecule has 1 amide bonds. The number of rotatable bonds is 9. The molecule has 21 heavy (non-hydrogen) atoms. The molecular weight excluding hydrogens is 260 g/mol. The van der Waals surface area contributed by atoms with Crippen LogP contribution in [0.15, 0.2) is 0 Å². The molecule has 0 saturated heterocycles. The Balaban J connectivity index is 2.33. The molecule has 1 saturated carbocycles. The molecule has 1 fully saturated rings. The largest absolute Gasteiger partial charge is 0.343 e. The Morgan fingerprint density at radius 1 is 1.14 bits per heavy atom. The Kier molecular flexibility index (Phi) is 8.98. The van der Waals surface area contributed by atoms with Crippen LogP contribution in [-0.4, -0.2) is 30.4 Å². The summed E-state index contributed by atoms with van der Waals surface area (Å²) in [6.07, 6.45) is 11.5. The Hall–Kier alpha value is -0.570. The monoisotopic (exact) mass is 296 g/mol. The second kappa shape index (κ2) is 10.2. The zero-order chi connectivity index (χ0) is 15.7. The topological polar surface area (TPSA) is 46.3 Å². The van der Waals surface area contributed by atoms with Gasteiger partial charge in [-0.1, -0.05) is 33.1 Å². The predicted molar refractivity (Wildman–Crippen MR) is 90.1 cm³/mol. The zero-order valence-corrected chi connectivity index (χ0v) is 14.4. The lowest BCUT2D eigenvalue weighted by molar-refractivity contribution is -0.133. The van der Waals surface area contributed by atoms with E-state index in [1.165, 1.54) is 44.9 Å². The molecule has 0 bridgehead atoms. The molecule has 0 aromatic rings. The third kappa shape index (κ3) is 6.37. The molecule has 1 aliphatic rings. The molecule has 1 aliphatic carbocycles. The van der Waals surface area contributed by atoms with Gasteiger partial charge in [-0.05, 0) is 56.9 Å². The van der Waals surface area contributed by atoms with Crippen molar-refractivity contribution in [3.05, 3.63) is 0 Å². The summed E-state index contributed by atoms with van der Waals surface area (Å²) in [5.74, 6) is 1.87. The fraction of sp³-hybridized carbons (Fsp3) is 0.944. The lowest BCUT2D eigenvalue weighted by Crippen LogP contribution is -2.39. The Morgan fingerprint density at radius 2 is 1.81 bits per heavy atom. The van der Waals surface area contributed by atoms with Crippen LogP contribution in [0.1, 0.15) is 78.1 Å². The maximum Gasteiger partial charge on any atom is 0.222 e. The van der Waals surface area contributed by atoms with Crippen molar-refractivity contribution in [3.8, 4) is 0 Å². The number of amides is 1. The summed E-state index contributed by atoms with van der Waals surface area (Å²) in [7, 11) is 2.01. The molecule has 3 nitrogen and oxygen atoms in total. The number of nitrogens with two attached hydrogens (primary N) is 1. The van der Waals surface area contributed by atoms with Crippen molar-refractivity contribution in [2.45, 2.75) is 84.1 Å². The Bertz CT molecular complexity index is 279. The number of hydrogen-bond acceptors (Lipinski definition) is 2. The summed E-state index contributed by atoms with van der Waals surface area (Å²) >= 11 is 0. The molecule has 0 aromatic heterocycles. The molecule has 1 rings (SSSR count). The van der Waals surface area contributed by atoms with Gasteiger partial charge in [0.25, 0.3) is 0 Å². The van der Waals surface area contributed by atoms with Crippen LogP contribution in [0.2, 0.25) is 0 Å². The van der Waals surface area contributed by atoms with E-state index in [1.807, 2.05) is 11.9 Å². The van der Waals surface area contributed by atoms with Crippen LogP contribution in [0.3, 0.4) is 0 Å². The first-order valence-corrected chi connectivity index (χ1v) is 9.08. The van der Waals surface area contributed by atoms with E-state index in [0.29, 0.717) is 24.3 Å². The fourth-order valence-corrected chi connectivity index (χ4v) is 3.72. The van der Waals surface area contributed by atoms with Gasteiger partial charge in [-0.3, -0.25) is 4.79 Å². The predicted octanol–water partition coefficient (Wildman–Crippen LogP) is 3.96. The van der Waals surface area contributed by atoms with Gasteiger partial charge in [-0.15, -0.1) is 0 Å². The van der Waals surface area contributed by atoms with E-state index in [2.05, 4.69) is 13.8 Å². The van der Waals surface area contributed by atoms with Gasteiger partial charge < -0.3 is 10.6 Å². The number of carbonyl (C=O) groups is 1. The first-order valence-electron chi connectivity index (χ1n) is 9.08. The van der Waals surface area contributed by atoms with Gasteiger partial charge in [0.1, 0.15) is 0 Å². The van der Waals surface area contributed by atoms with Crippen LogP contribution in [0.5, 0.6) is 0 Å². The molecule has 0 aromatic carbocycles. The normalized spacial score (nSPS) is 23.8. The van der Waals surface area contributed by atoms with E-state index in [1.54, 1.807) is 0 Å². The van der Waals surface area contributed by atoms with Crippen LogP contribution in [0.25, 0.3) is 0 Å². The molecule has 0 aliphatic heterocycles. The second-order valence-corrected chi connectivity index (χ2v) is 6.86. The molecule has 124 valence electrons. The van der Waals surface area contributed by atoms with Crippen molar-refractivity contribution in [2.75, 3.05) is 13.6 Å². The Morgan fingerprint density at radius 3 is 2.33 bits per heavy atom. The van der Waals surface area contributed by atoms with Crippen LogP contribution in [-0.2, 0) is 4.79 Å². The summed E-state index contributed by atoms with van der Waals surface area (Å²) in [4.78, 5) is 14.4. The summed E-state index contributed by atoms with van der Waals surface area (Å²) in [6, 6.07) is 0.486. The minimum atomic E-state index is 0.341. The number of hydrogen-bond donors (Lipinski definition) is 1. The summed E-state index contributed by atoms with van der Waals surface area (Å²) in [5, 5.41) is 0. The maximum absolute atomic E-state index is 12.4. The minimum Gasteiger partial charge on any atom is -0.343 e. The van der Waals surface area contributed by atoms with Crippen molar-refractivity contribution < 1.29 is 4.79 Å². The molecule has 3 heteroatoms. The van der Waals surface area contributed by atoms with E-state index in [0.717, 1.165) is 25.3 Å². The standard InChI is InChI=1S/C18H36N2O/c1-4-6-16(13-14-19)9-12-18(21)20(3)17-10-7-15(5-2)8-11-17/h15-17H,4-14,19H2,1-3H3. The van der Waals surface area contributed by atoms with Gasteiger partial charge in [0, 0.05) is 19.5 Å². The van der Waals surface area contributed by atoms with Gasteiger partial charge in [0.05, 0.1) is 0 Å². The highest BCUT2D eigenvalue weighted by molar-refractivity contribution is 5.76. The molecular formula is C18H36N2O. The van der Waals surface area contributed by atoms with Gasteiger partial charge in [0.15, 0.2) is 0 Å². The van der Waals surface area contributed by atoms with E-state index < -0.39 is 0 Å². The average Bonchev–Trinajstić information content (AvgIpc) is 2.52. The number of nitrogens with zero attached hydrogens (tertiary/aromatic N) is 1. The molecule has 1 unspecified atom stereocenters. The quantitative estimate of drug-likeness (QED) is 0.700. The third-order valence-electron chi connectivity index (χ3n) is 5.37. The van der Waals surface area contributed by atoms with Gasteiger partial charge in [-0.2, -0.15) is 0 Å². The maximum atomic E-state index is 12.4. The molecule has 2 N–H and O–H groups in total. The average molecular weight is 296 g/mol. The first kappa shape index (κ1) is 18.5. The summed E-state index contributed by atoms with van der Waals surface area (Å²) in [5.41, 5.74) is 5.67. The number of carbonyl (C=O) groups excluding carboxylic acids is 1. The van der Waals surface area contributed by atoms with Crippen molar-refractivity contribution in [1.29, 1.82) is 0 Å². The van der Waals surface area contributed by atoms with E-state index >= 15 is 0 Å².